The molecule has 246 valence electrons. The van der Waals surface area contributed by atoms with E-state index in [9.17, 15) is 19.7 Å². The summed E-state index contributed by atoms with van der Waals surface area (Å²) in [6, 6.07) is 31.4. The first-order chi connectivity index (χ1) is 23.1. The van der Waals surface area contributed by atoms with Crippen molar-refractivity contribution < 1.29 is 28.8 Å². The highest BCUT2D eigenvalue weighted by Crippen LogP contribution is 2.52. The van der Waals surface area contributed by atoms with Gasteiger partial charge in [0.05, 0.1) is 31.1 Å². The monoisotopic (exact) mass is 677 g/mol. The first kappa shape index (κ1) is 32.7. The first-order valence-electron chi connectivity index (χ1n) is 16.6. The van der Waals surface area contributed by atoms with Gasteiger partial charge in [0.2, 0.25) is 11.8 Å². The molecular formula is C38H40BNO6SSi. The molecule has 48 heavy (non-hydrogen) atoms. The van der Waals surface area contributed by atoms with Gasteiger partial charge in [0.25, 0.3) is 8.32 Å². The Kier molecular flexibility index (Phi) is 8.80. The van der Waals surface area contributed by atoms with Crippen LogP contribution in [0.2, 0.25) is 5.04 Å². The molecule has 2 amide bonds. The molecule has 7 nitrogen and oxygen atoms in total. The zero-order chi connectivity index (χ0) is 33.6. The van der Waals surface area contributed by atoms with Crippen LogP contribution in [0.4, 0.5) is 0 Å². The smallest absolute Gasteiger partial charge is 0.487 e. The van der Waals surface area contributed by atoms with Crippen molar-refractivity contribution in [3.05, 3.63) is 124 Å². The first-order valence-corrected chi connectivity index (χ1v) is 19.3. The van der Waals surface area contributed by atoms with E-state index in [2.05, 4.69) is 45.0 Å². The SMILES string of the molecule is CC(C)(C)[Si](OCC1=C2B(O)O[C@H](c3cccc(O)c3)C[C@H]2[C@H]2C(=O)N(Cc3cccs3)C(=O)[C@H]2C1)(c1ccccc1)c1ccccc1. The minimum Gasteiger partial charge on any atom is -0.508 e. The van der Waals surface area contributed by atoms with Crippen LogP contribution in [0.1, 0.15) is 50.2 Å². The second-order valence-electron chi connectivity index (χ2n) is 14.1. The van der Waals surface area contributed by atoms with Gasteiger partial charge < -0.3 is 19.2 Å². The average Bonchev–Trinajstić information content (AvgIpc) is 3.68. The Labute approximate surface area is 287 Å². The molecule has 3 aliphatic rings. The van der Waals surface area contributed by atoms with Crippen LogP contribution in [0.5, 0.6) is 5.75 Å². The normalized spacial score (nSPS) is 23.0. The number of allylic oxidation sites excluding steroid dienone is 1. The molecule has 2 aliphatic heterocycles. The predicted molar refractivity (Wildman–Crippen MR) is 190 cm³/mol. The number of carbonyl (C=O) groups excluding carboxylic acids is 2. The van der Waals surface area contributed by atoms with E-state index in [0.717, 1.165) is 20.8 Å². The molecule has 7 rings (SSSR count). The molecule has 0 spiro atoms. The number of hydrogen-bond donors (Lipinski definition) is 2. The van der Waals surface area contributed by atoms with E-state index in [-0.39, 0.29) is 35.8 Å². The lowest BCUT2D eigenvalue weighted by atomic mass is 9.55. The average molecular weight is 678 g/mol. The Morgan fingerprint density at radius 3 is 2.21 bits per heavy atom. The number of rotatable bonds is 8. The summed E-state index contributed by atoms with van der Waals surface area (Å²) in [6.07, 6.45) is 0.149. The van der Waals surface area contributed by atoms with Crippen molar-refractivity contribution >= 4 is 49.0 Å². The van der Waals surface area contributed by atoms with Crippen molar-refractivity contribution in [1.82, 2.24) is 4.90 Å². The van der Waals surface area contributed by atoms with Gasteiger partial charge in [-0.15, -0.1) is 11.3 Å². The maximum Gasteiger partial charge on any atom is 0.487 e. The van der Waals surface area contributed by atoms with Gasteiger partial charge in [0, 0.05) is 4.88 Å². The minimum absolute atomic E-state index is 0.0992. The molecule has 0 saturated carbocycles. The second-order valence-corrected chi connectivity index (χ2v) is 19.4. The van der Waals surface area contributed by atoms with Crippen LogP contribution in [0.25, 0.3) is 0 Å². The van der Waals surface area contributed by atoms with Gasteiger partial charge in [-0.3, -0.25) is 14.5 Å². The Balaban J connectivity index is 1.30. The molecule has 1 aliphatic carbocycles. The lowest BCUT2D eigenvalue weighted by Crippen LogP contribution is -2.66. The maximum absolute atomic E-state index is 14.2. The van der Waals surface area contributed by atoms with Crippen LogP contribution in [0.3, 0.4) is 0 Å². The molecule has 1 aromatic heterocycles. The summed E-state index contributed by atoms with van der Waals surface area (Å²) >= 11 is 1.52. The summed E-state index contributed by atoms with van der Waals surface area (Å²) in [4.78, 5) is 30.6. The van der Waals surface area contributed by atoms with Gasteiger partial charge in [-0.2, -0.15) is 0 Å². The second kappa shape index (κ2) is 12.9. The number of phenolic OH excluding ortho intramolecular Hbond substituents is 1. The van der Waals surface area contributed by atoms with Crippen molar-refractivity contribution in [2.45, 2.75) is 51.3 Å². The number of nitrogens with zero attached hydrogens (tertiary/aromatic N) is 1. The number of likely N-dealkylation sites (tertiary alicyclic amines) is 1. The van der Waals surface area contributed by atoms with Gasteiger partial charge in [-0.25, -0.2) is 0 Å². The molecule has 2 saturated heterocycles. The fraction of sp³-hybridized carbons (Fsp3) is 0.316. The Morgan fingerprint density at radius 2 is 1.60 bits per heavy atom. The van der Waals surface area contributed by atoms with Crippen molar-refractivity contribution in [2.75, 3.05) is 6.61 Å². The molecule has 0 bridgehead atoms. The number of aromatic hydroxyl groups is 1. The fourth-order valence-corrected chi connectivity index (χ4v) is 13.5. The summed E-state index contributed by atoms with van der Waals surface area (Å²) in [5.74, 6) is -1.86. The van der Waals surface area contributed by atoms with Crippen LogP contribution < -0.4 is 10.4 Å². The fourth-order valence-electron chi connectivity index (χ4n) is 8.22. The Hall–Kier alpha value is -3.80. The van der Waals surface area contributed by atoms with E-state index >= 15 is 0 Å². The van der Waals surface area contributed by atoms with Crippen LogP contribution >= 0.6 is 11.3 Å². The third-order valence-corrected chi connectivity index (χ3v) is 16.2. The third-order valence-electron chi connectivity index (χ3n) is 10.3. The summed E-state index contributed by atoms with van der Waals surface area (Å²) in [5.41, 5.74) is 2.20. The molecule has 10 heteroatoms. The van der Waals surface area contributed by atoms with Gasteiger partial charge in [0.1, 0.15) is 5.75 Å². The highest BCUT2D eigenvalue weighted by molar-refractivity contribution is 7.09. The lowest BCUT2D eigenvalue weighted by molar-refractivity contribution is -0.140. The number of benzene rings is 3. The van der Waals surface area contributed by atoms with Crippen LogP contribution in [-0.2, 0) is 25.2 Å². The molecule has 4 atom stereocenters. The zero-order valence-electron chi connectivity index (χ0n) is 27.4. The van der Waals surface area contributed by atoms with E-state index in [1.54, 1.807) is 18.2 Å². The van der Waals surface area contributed by atoms with E-state index in [4.69, 9.17) is 9.08 Å². The summed E-state index contributed by atoms with van der Waals surface area (Å²) in [7, 11) is -4.24. The van der Waals surface area contributed by atoms with Crippen LogP contribution in [0.15, 0.2) is 113 Å². The lowest BCUT2D eigenvalue weighted by Gasteiger charge is -2.45. The van der Waals surface area contributed by atoms with E-state index < -0.39 is 39.3 Å². The van der Waals surface area contributed by atoms with Gasteiger partial charge in [-0.05, 0) is 74.4 Å². The van der Waals surface area contributed by atoms with E-state index in [1.165, 1.54) is 16.2 Å². The number of carbonyl (C=O) groups is 2. The summed E-state index contributed by atoms with van der Waals surface area (Å²) in [5, 5.41) is 25.9. The molecule has 3 aromatic carbocycles. The molecule has 3 heterocycles. The minimum atomic E-state index is -2.95. The van der Waals surface area contributed by atoms with Crippen molar-refractivity contribution in [1.29, 1.82) is 0 Å². The molecule has 0 radical (unpaired) electrons. The molecule has 4 aromatic rings. The van der Waals surface area contributed by atoms with Gasteiger partial charge >= 0.3 is 7.12 Å². The number of phenols is 1. The van der Waals surface area contributed by atoms with Crippen LogP contribution in [0, 0.1) is 17.8 Å². The van der Waals surface area contributed by atoms with Crippen molar-refractivity contribution in [3.8, 4) is 5.75 Å². The third kappa shape index (κ3) is 5.69. The predicted octanol–water partition coefficient (Wildman–Crippen LogP) is 5.63. The van der Waals surface area contributed by atoms with Crippen molar-refractivity contribution in [2.24, 2.45) is 17.8 Å². The van der Waals surface area contributed by atoms with Gasteiger partial charge in [-0.1, -0.05) is 99.6 Å². The van der Waals surface area contributed by atoms with Crippen LogP contribution in [-0.4, -0.2) is 48.9 Å². The number of amides is 2. The number of hydrogen-bond acceptors (Lipinski definition) is 7. The van der Waals surface area contributed by atoms with Gasteiger partial charge in [0.15, 0.2) is 0 Å². The molecular weight excluding hydrogens is 637 g/mol. The zero-order valence-corrected chi connectivity index (χ0v) is 29.2. The highest BCUT2D eigenvalue weighted by atomic mass is 32.1. The number of imide groups is 1. The van der Waals surface area contributed by atoms with Crippen molar-refractivity contribution in [3.63, 3.8) is 0 Å². The van der Waals surface area contributed by atoms with E-state index in [1.807, 2.05) is 60.0 Å². The topological polar surface area (TPSA) is 96.3 Å². The molecule has 0 unspecified atom stereocenters. The Bertz CT molecular complexity index is 1790. The molecule has 2 N–H and O–H groups in total. The quantitative estimate of drug-likeness (QED) is 0.186. The standard InChI is InChI=1S/C38H40BNO6SSi/c1-38(2,3)48(29-15-6-4-7-16-29,30-17-8-5-9-18-30)45-24-26-21-32-34(37(43)40(36(32)42)23-28-14-11-19-47-28)31-22-33(46-39(44)35(26)31)25-12-10-13-27(41)20-25/h4-20,31-34,41,44H,21-24H2,1-3H3/t31-,32-,33-,34+/m0/s1. The van der Waals surface area contributed by atoms with E-state index in [0.29, 0.717) is 23.9 Å². The largest absolute Gasteiger partial charge is 0.508 e. The summed E-state index contributed by atoms with van der Waals surface area (Å²) in [6.45, 7) is 7.10. The Morgan fingerprint density at radius 1 is 0.917 bits per heavy atom. The molecule has 2 fully saturated rings. The number of fused-ring (bicyclic) bond motifs is 3. The number of thiophene rings is 1. The highest BCUT2D eigenvalue weighted by Gasteiger charge is 2.58. The maximum atomic E-state index is 14.2. The summed E-state index contributed by atoms with van der Waals surface area (Å²) < 4.78 is 13.6.